The van der Waals surface area contributed by atoms with E-state index in [4.69, 9.17) is 21.1 Å². The Morgan fingerprint density at radius 3 is 2.58 bits per heavy atom. The van der Waals surface area contributed by atoms with Crippen LogP contribution in [0.1, 0.15) is 42.1 Å². The van der Waals surface area contributed by atoms with Crippen LogP contribution in [0.25, 0.3) is 16.9 Å². The summed E-state index contributed by atoms with van der Waals surface area (Å²) in [6.07, 6.45) is 11.7. The minimum Gasteiger partial charge on any atom is -0.478 e. The lowest BCUT2D eigenvalue weighted by molar-refractivity contribution is -0.119. The van der Waals surface area contributed by atoms with Crippen molar-refractivity contribution in [3.8, 4) is 11.3 Å². The lowest BCUT2D eigenvalue weighted by atomic mass is 9.91. The standard InChI is InChI=1S/C29H27ClN2O4/c1-3-20(26-15-22(30)10-13-24(26)27-16-31-17-36-27)7-4-18(2)25(14-19-5-6-19)28(33)32-23-11-8-21(9-12-23)29(34)35/h3-4,7-13,15-17,19,25H,2,5-6,14H2,1H3,(H,32,33)(H,34,35)/b7-4-,20-3+. The number of halogens is 1. The molecule has 184 valence electrons. The van der Waals surface area contributed by atoms with E-state index in [2.05, 4.69) is 16.9 Å². The monoisotopic (exact) mass is 502 g/mol. The van der Waals surface area contributed by atoms with Crippen LogP contribution in [-0.4, -0.2) is 22.0 Å². The van der Waals surface area contributed by atoms with Gasteiger partial charge in [0.05, 0.1) is 17.7 Å². The Kier molecular flexibility index (Phi) is 7.86. The first-order chi connectivity index (χ1) is 17.4. The van der Waals surface area contributed by atoms with E-state index < -0.39 is 11.9 Å². The van der Waals surface area contributed by atoms with E-state index in [1.807, 2.05) is 37.3 Å². The van der Waals surface area contributed by atoms with E-state index in [1.165, 1.54) is 18.5 Å². The fourth-order valence-corrected chi connectivity index (χ4v) is 4.18. The zero-order valence-electron chi connectivity index (χ0n) is 19.9. The molecule has 0 saturated heterocycles. The van der Waals surface area contributed by atoms with Gasteiger partial charge in [-0.15, -0.1) is 0 Å². The molecular weight excluding hydrogens is 476 g/mol. The summed E-state index contributed by atoms with van der Waals surface area (Å²) in [6.45, 7) is 6.15. The molecule has 36 heavy (non-hydrogen) atoms. The van der Waals surface area contributed by atoms with Crippen LogP contribution in [0.4, 0.5) is 5.69 Å². The summed E-state index contributed by atoms with van der Waals surface area (Å²) in [7, 11) is 0. The molecule has 1 fully saturated rings. The van der Waals surface area contributed by atoms with Crippen molar-refractivity contribution in [3.05, 3.63) is 102 Å². The van der Waals surface area contributed by atoms with Gasteiger partial charge in [-0.1, -0.05) is 49.2 Å². The van der Waals surface area contributed by atoms with E-state index in [0.29, 0.717) is 34.4 Å². The molecule has 1 aliphatic carbocycles. The highest BCUT2D eigenvalue weighted by atomic mass is 35.5. The van der Waals surface area contributed by atoms with Crippen molar-refractivity contribution >= 4 is 34.7 Å². The highest BCUT2D eigenvalue weighted by Crippen LogP contribution is 2.38. The van der Waals surface area contributed by atoms with Gasteiger partial charge in [0.25, 0.3) is 0 Å². The fraction of sp³-hybridized carbons (Fsp3) is 0.207. The average Bonchev–Trinajstić information content (AvgIpc) is 3.53. The first kappa shape index (κ1) is 25.2. The number of carbonyl (C=O) groups is 2. The number of oxazole rings is 1. The predicted octanol–water partition coefficient (Wildman–Crippen LogP) is 7.26. The lowest BCUT2D eigenvalue weighted by Gasteiger charge is -2.18. The smallest absolute Gasteiger partial charge is 0.335 e. The van der Waals surface area contributed by atoms with Crippen LogP contribution in [0.15, 0.2) is 89.9 Å². The molecule has 1 aromatic heterocycles. The molecule has 1 saturated carbocycles. The van der Waals surface area contributed by atoms with Crippen molar-refractivity contribution in [1.82, 2.24) is 4.98 Å². The maximum absolute atomic E-state index is 13.2. The third kappa shape index (κ3) is 6.20. The summed E-state index contributed by atoms with van der Waals surface area (Å²) in [5.74, 6) is -0.435. The number of hydrogen-bond donors (Lipinski definition) is 2. The second kappa shape index (κ2) is 11.2. The first-order valence-electron chi connectivity index (χ1n) is 11.7. The van der Waals surface area contributed by atoms with Crippen molar-refractivity contribution in [1.29, 1.82) is 0 Å². The number of hydrogen-bond acceptors (Lipinski definition) is 4. The SMILES string of the molecule is C=C(/C=C\C(=C/C)c1cc(Cl)ccc1-c1cnco1)C(CC1CC1)C(=O)Nc1ccc(C(=O)O)cc1. The van der Waals surface area contributed by atoms with E-state index in [9.17, 15) is 9.59 Å². The van der Waals surface area contributed by atoms with Gasteiger partial charge in [0.2, 0.25) is 5.91 Å². The number of carboxylic acid groups (broad SMARTS) is 1. The molecule has 7 heteroatoms. The van der Waals surface area contributed by atoms with E-state index >= 15 is 0 Å². The molecule has 0 radical (unpaired) electrons. The number of aromatic carboxylic acids is 1. The van der Waals surface area contributed by atoms with E-state index in [-0.39, 0.29) is 11.5 Å². The number of carbonyl (C=O) groups excluding carboxylic acids is 1. The van der Waals surface area contributed by atoms with Crippen LogP contribution in [0.2, 0.25) is 5.02 Å². The van der Waals surface area contributed by atoms with Gasteiger partial charge in [0.1, 0.15) is 0 Å². The van der Waals surface area contributed by atoms with Crippen molar-refractivity contribution < 1.29 is 19.1 Å². The van der Waals surface area contributed by atoms with Crippen LogP contribution < -0.4 is 5.32 Å². The molecule has 0 aliphatic heterocycles. The van der Waals surface area contributed by atoms with Gasteiger partial charge in [-0.2, -0.15) is 0 Å². The van der Waals surface area contributed by atoms with Crippen LogP contribution in [-0.2, 0) is 4.79 Å². The molecule has 0 spiro atoms. The van der Waals surface area contributed by atoms with Gasteiger partial charge >= 0.3 is 5.97 Å². The van der Waals surface area contributed by atoms with E-state index in [1.54, 1.807) is 24.4 Å². The number of anilines is 1. The lowest BCUT2D eigenvalue weighted by Crippen LogP contribution is -2.24. The van der Waals surface area contributed by atoms with Crippen LogP contribution >= 0.6 is 11.6 Å². The Hall–Kier alpha value is -3.90. The molecule has 0 bridgehead atoms. The molecule has 6 nitrogen and oxygen atoms in total. The minimum atomic E-state index is -1.01. The van der Waals surface area contributed by atoms with E-state index in [0.717, 1.165) is 29.5 Å². The number of allylic oxidation sites excluding steroid dienone is 4. The van der Waals surface area contributed by atoms with Crippen molar-refractivity contribution in [2.45, 2.75) is 26.2 Å². The highest BCUT2D eigenvalue weighted by molar-refractivity contribution is 6.31. The van der Waals surface area contributed by atoms with Crippen LogP contribution in [0.3, 0.4) is 0 Å². The van der Waals surface area contributed by atoms with Crippen LogP contribution in [0, 0.1) is 11.8 Å². The van der Waals surface area contributed by atoms with Crippen molar-refractivity contribution in [2.24, 2.45) is 11.8 Å². The average molecular weight is 503 g/mol. The largest absolute Gasteiger partial charge is 0.478 e. The van der Waals surface area contributed by atoms with Gasteiger partial charge in [-0.25, -0.2) is 9.78 Å². The molecule has 1 heterocycles. The maximum atomic E-state index is 13.2. The summed E-state index contributed by atoms with van der Waals surface area (Å²) < 4.78 is 5.51. The number of aromatic nitrogens is 1. The molecule has 1 amide bonds. The topological polar surface area (TPSA) is 92.4 Å². The third-order valence-corrected chi connectivity index (χ3v) is 6.44. The molecule has 1 unspecified atom stereocenters. The summed E-state index contributed by atoms with van der Waals surface area (Å²) in [5.41, 5.74) is 4.06. The minimum absolute atomic E-state index is 0.160. The molecule has 3 aromatic rings. The zero-order chi connectivity index (χ0) is 25.7. The molecule has 2 aromatic carbocycles. The molecule has 4 rings (SSSR count). The Labute approximate surface area is 215 Å². The second-order valence-corrected chi connectivity index (χ2v) is 9.25. The highest BCUT2D eigenvalue weighted by Gasteiger charge is 2.30. The predicted molar refractivity (Wildman–Crippen MR) is 142 cm³/mol. The van der Waals surface area contributed by atoms with Gasteiger partial charge in [0.15, 0.2) is 12.2 Å². The maximum Gasteiger partial charge on any atom is 0.335 e. The summed E-state index contributed by atoms with van der Waals surface area (Å²) in [5, 5.41) is 12.6. The van der Waals surface area contributed by atoms with Gasteiger partial charge in [-0.3, -0.25) is 4.79 Å². The fourth-order valence-electron chi connectivity index (χ4n) is 4.01. The Bertz CT molecular complexity index is 1320. The molecular formula is C29H27ClN2O4. The van der Waals surface area contributed by atoms with Gasteiger partial charge in [0, 0.05) is 16.3 Å². The number of rotatable bonds is 10. The van der Waals surface area contributed by atoms with Crippen LogP contribution in [0.5, 0.6) is 0 Å². The number of carboxylic acids is 1. The Morgan fingerprint density at radius 2 is 1.97 bits per heavy atom. The zero-order valence-corrected chi connectivity index (χ0v) is 20.7. The third-order valence-electron chi connectivity index (χ3n) is 6.21. The van der Waals surface area contributed by atoms with Gasteiger partial charge in [-0.05, 0) is 78.4 Å². The van der Waals surface area contributed by atoms with Gasteiger partial charge < -0.3 is 14.8 Å². The Balaban J connectivity index is 1.54. The summed E-state index contributed by atoms with van der Waals surface area (Å²) in [4.78, 5) is 28.3. The number of nitrogens with one attached hydrogen (secondary N) is 1. The first-order valence-corrected chi connectivity index (χ1v) is 12.1. The van der Waals surface area contributed by atoms with Crippen molar-refractivity contribution in [3.63, 3.8) is 0 Å². The second-order valence-electron chi connectivity index (χ2n) is 8.81. The Morgan fingerprint density at radius 1 is 1.22 bits per heavy atom. The number of amides is 1. The number of benzene rings is 2. The summed E-state index contributed by atoms with van der Waals surface area (Å²) >= 11 is 6.30. The molecule has 2 N–H and O–H groups in total. The normalized spacial score (nSPS) is 14.6. The number of nitrogens with zero attached hydrogens (tertiary/aromatic N) is 1. The molecule has 1 aliphatic rings. The van der Waals surface area contributed by atoms with Crippen molar-refractivity contribution in [2.75, 3.05) is 5.32 Å². The summed E-state index contributed by atoms with van der Waals surface area (Å²) in [6, 6.07) is 11.7. The molecule has 1 atom stereocenters. The quantitative estimate of drug-likeness (QED) is 0.284.